The summed E-state index contributed by atoms with van der Waals surface area (Å²) < 4.78 is 6.10. The molecule has 164 valence electrons. The van der Waals surface area contributed by atoms with Crippen molar-refractivity contribution in [1.29, 1.82) is 0 Å². The zero-order valence-corrected chi connectivity index (χ0v) is 19.1. The highest BCUT2D eigenvalue weighted by atomic mass is 16.5. The van der Waals surface area contributed by atoms with Gasteiger partial charge in [0.05, 0.1) is 6.61 Å². The highest BCUT2D eigenvalue weighted by molar-refractivity contribution is 5.27. The highest BCUT2D eigenvalue weighted by Gasteiger charge is 2.24. The summed E-state index contributed by atoms with van der Waals surface area (Å²) in [6.45, 7) is 5.33. The van der Waals surface area contributed by atoms with Gasteiger partial charge in [-0.2, -0.15) is 0 Å². The monoisotopic (exact) mass is 408 g/mol. The Morgan fingerprint density at radius 1 is 0.767 bits per heavy atom. The van der Waals surface area contributed by atoms with E-state index in [1.807, 2.05) is 0 Å². The Labute approximate surface area is 183 Å². The maximum Gasteiger partial charge on any atom is 0.131 e. The number of aryl methyl sites for hydroxylation is 2. The molecule has 0 N–H and O–H groups in total. The number of hydrogen-bond acceptors (Lipinski definition) is 3. The quantitative estimate of drug-likeness (QED) is 0.346. The number of unbranched alkanes of at least 4 members (excludes halogenated alkanes) is 4. The van der Waals surface area contributed by atoms with Crippen LogP contribution in [0.1, 0.15) is 101 Å². The van der Waals surface area contributed by atoms with Crippen LogP contribution < -0.4 is 4.74 Å². The van der Waals surface area contributed by atoms with Gasteiger partial charge in [-0.15, -0.1) is 0 Å². The Bertz CT molecular complexity index is 703. The molecular formula is C27H40N2O. The predicted octanol–water partition coefficient (Wildman–Crippen LogP) is 7.29. The van der Waals surface area contributed by atoms with Crippen LogP contribution >= 0.6 is 0 Å². The molecule has 0 radical (unpaired) electrons. The van der Waals surface area contributed by atoms with E-state index in [0.717, 1.165) is 24.6 Å². The van der Waals surface area contributed by atoms with Gasteiger partial charge < -0.3 is 4.74 Å². The highest BCUT2D eigenvalue weighted by Crippen LogP contribution is 2.34. The standard InChI is InChI=1S/C27H40N2O/c1-3-5-7-9-22-13-17-26(18-14-22)30-21-23-11-15-25(16-12-23)27-28-19-24(20-29-27)10-8-6-4-2/h13-14,17-20,23,25H,3-12,15-16,21H2,1-2H3/t23-,25-. The normalized spacial score (nSPS) is 19.0. The molecule has 0 spiro atoms. The van der Waals surface area contributed by atoms with Gasteiger partial charge in [-0.25, -0.2) is 9.97 Å². The molecule has 2 aromatic rings. The van der Waals surface area contributed by atoms with E-state index in [4.69, 9.17) is 14.7 Å². The van der Waals surface area contributed by atoms with Crippen molar-refractivity contribution in [3.63, 3.8) is 0 Å². The van der Waals surface area contributed by atoms with Gasteiger partial charge in [-0.3, -0.25) is 0 Å². The number of rotatable bonds is 12. The molecular weight excluding hydrogens is 368 g/mol. The number of ether oxygens (including phenoxy) is 1. The molecule has 1 heterocycles. The van der Waals surface area contributed by atoms with Crippen LogP contribution in [-0.2, 0) is 12.8 Å². The molecule has 3 rings (SSSR count). The third-order valence-corrected chi connectivity index (χ3v) is 6.48. The summed E-state index contributed by atoms with van der Waals surface area (Å²) in [5.41, 5.74) is 2.71. The fraction of sp³-hybridized carbons (Fsp3) is 0.630. The van der Waals surface area contributed by atoms with Crippen LogP contribution in [-0.4, -0.2) is 16.6 Å². The molecule has 3 heteroatoms. The van der Waals surface area contributed by atoms with E-state index in [1.54, 1.807) is 0 Å². The zero-order chi connectivity index (χ0) is 21.0. The van der Waals surface area contributed by atoms with Crippen LogP contribution in [0.4, 0.5) is 0 Å². The molecule has 30 heavy (non-hydrogen) atoms. The molecule has 1 aromatic heterocycles. The Morgan fingerprint density at radius 3 is 1.97 bits per heavy atom. The van der Waals surface area contributed by atoms with E-state index in [9.17, 15) is 0 Å². The minimum absolute atomic E-state index is 0.522. The van der Waals surface area contributed by atoms with E-state index in [-0.39, 0.29) is 0 Å². The third kappa shape index (κ3) is 7.41. The van der Waals surface area contributed by atoms with E-state index < -0.39 is 0 Å². The van der Waals surface area contributed by atoms with Crippen LogP contribution in [0, 0.1) is 5.92 Å². The second-order valence-corrected chi connectivity index (χ2v) is 9.04. The predicted molar refractivity (Wildman–Crippen MR) is 125 cm³/mol. The van der Waals surface area contributed by atoms with Crippen LogP contribution in [0.5, 0.6) is 5.75 Å². The zero-order valence-electron chi connectivity index (χ0n) is 19.1. The molecule has 1 fully saturated rings. The topological polar surface area (TPSA) is 35.0 Å². The van der Waals surface area contributed by atoms with E-state index in [2.05, 4.69) is 50.5 Å². The van der Waals surface area contributed by atoms with Crippen LogP contribution in [0.25, 0.3) is 0 Å². The first-order valence-electron chi connectivity index (χ1n) is 12.3. The summed E-state index contributed by atoms with van der Waals surface area (Å²) in [5.74, 6) is 3.23. The minimum Gasteiger partial charge on any atom is -0.493 e. The summed E-state index contributed by atoms with van der Waals surface area (Å²) in [4.78, 5) is 9.38. The maximum atomic E-state index is 6.10. The van der Waals surface area contributed by atoms with Crippen molar-refractivity contribution in [2.24, 2.45) is 5.92 Å². The molecule has 0 amide bonds. The lowest BCUT2D eigenvalue weighted by molar-refractivity contribution is 0.198. The summed E-state index contributed by atoms with van der Waals surface area (Å²) >= 11 is 0. The van der Waals surface area contributed by atoms with Gasteiger partial charge >= 0.3 is 0 Å². The fourth-order valence-electron chi connectivity index (χ4n) is 4.42. The second kappa shape index (κ2) is 12.7. The Morgan fingerprint density at radius 2 is 1.37 bits per heavy atom. The Kier molecular flexibility index (Phi) is 9.66. The first kappa shape index (κ1) is 22.8. The van der Waals surface area contributed by atoms with Gasteiger partial charge in [0, 0.05) is 18.3 Å². The van der Waals surface area contributed by atoms with Crippen molar-refractivity contribution in [2.45, 2.75) is 96.8 Å². The average Bonchev–Trinajstić information content (AvgIpc) is 2.80. The third-order valence-electron chi connectivity index (χ3n) is 6.48. The minimum atomic E-state index is 0.522. The fourth-order valence-corrected chi connectivity index (χ4v) is 4.42. The molecule has 1 aliphatic carbocycles. The van der Waals surface area contributed by atoms with Crippen molar-refractivity contribution in [1.82, 2.24) is 9.97 Å². The lowest BCUT2D eigenvalue weighted by Crippen LogP contribution is -2.20. The molecule has 3 nitrogen and oxygen atoms in total. The van der Waals surface area contributed by atoms with Gasteiger partial charge in [0.25, 0.3) is 0 Å². The molecule has 0 unspecified atom stereocenters. The molecule has 1 aromatic carbocycles. The first-order chi connectivity index (χ1) is 14.8. The molecule has 0 saturated heterocycles. The van der Waals surface area contributed by atoms with Crippen LogP contribution in [0.15, 0.2) is 36.7 Å². The smallest absolute Gasteiger partial charge is 0.131 e. The largest absolute Gasteiger partial charge is 0.493 e. The number of nitrogens with zero attached hydrogens (tertiary/aromatic N) is 2. The number of hydrogen-bond donors (Lipinski definition) is 0. The summed E-state index contributed by atoms with van der Waals surface area (Å²) in [6.07, 6.45) is 18.8. The van der Waals surface area contributed by atoms with Crippen molar-refractivity contribution >= 4 is 0 Å². The van der Waals surface area contributed by atoms with Gasteiger partial charge in [0.1, 0.15) is 11.6 Å². The molecule has 1 aliphatic rings. The van der Waals surface area contributed by atoms with Gasteiger partial charge in [-0.1, -0.05) is 51.7 Å². The van der Waals surface area contributed by atoms with Crippen molar-refractivity contribution in [3.05, 3.63) is 53.6 Å². The molecule has 0 atom stereocenters. The van der Waals surface area contributed by atoms with Gasteiger partial charge in [0.2, 0.25) is 0 Å². The van der Waals surface area contributed by atoms with Crippen LogP contribution in [0.3, 0.4) is 0 Å². The Hall–Kier alpha value is -1.90. The average molecular weight is 409 g/mol. The lowest BCUT2D eigenvalue weighted by atomic mass is 9.82. The number of aromatic nitrogens is 2. The Balaban J connectivity index is 1.37. The van der Waals surface area contributed by atoms with E-state index in [1.165, 1.54) is 81.8 Å². The SMILES string of the molecule is CCCCCc1ccc(OC[C@H]2CC[C@H](c3ncc(CCCCC)cn3)CC2)cc1. The number of benzene rings is 1. The lowest BCUT2D eigenvalue weighted by Gasteiger charge is -2.27. The van der Waals surface area contributed by atoms with Crippen molar-refractivity contribution in [3.8, 4) is 5.75 Å². The first-order valence-corrected chi connectivity index (χ1v) is 12.3. The van der Waals surface area contributed by atoms with E-state index in [0.29, 0.717) is 11.8 Å². The summed E-state index contributed by atoms with van der Waals surface area (Å²) in [7, 11) is 0. The van der Waals surface area contributed by atoms with Crippen molar-refractivity contribution < 1.29 is 4.74 Å². The van der Waals surface area contributed by atoms with Crippen molar-refractivity contribution in [2.75, 3.05) is 6.61 Å². The second-order valence-electron chi connectivity index (χ2n) is 9.04. The summed E-state index contributed by atoms with van der Waals surface area (Å²) in [5, 5.41) is 0. The molecule has 1 saturated carbocycles. The summed E-state index contributed by atoms with van der Waals surface area (Å²) in [6, 6.07) is 8.74. The van der Waals surface area contributed by atoms with E-state index >= 15 is 0 Å². The van der Waals surface area contributed by atoms with Gasteiger partial charge in [0.15, 0.2) is 0 Å². The molecule has 0 bridgehead atoms. The van der Waals surface area contributed by atoms with Gasteiger partial charge in [-0.05, 0) is 80.5 Å². The maximum absolute atomic E-state index is 6.10. The molecule has 0 aliphatic heterocycles. The van der Waals surface area contributed by atoms with Crippen LogP contribution in [0.2, 0.25) is 0 Å².